The zero-order valence-electron chi connectivity index (χ0n) is 15.1. The summed E-state index contributed by atoms with van der Waals surface area (Å²) < 4.78 is 5.58. The minimum atomic E-state index is -0.352. The van der Waals surface area contributed by atoms with Crippen molar-refractivity contribution in [1.29, 1.82) is 0 Å². The zero-order valence-corrected chi connectivity index (χ0v) is 15.9. The van der Waals surface area contributed by atoms with Crippen LogP contribution in [0.25, 0.3) is 23.1 Å². The van der Waals surface area contributed by atoms with Crippen LogP contribution in [-0.4, -0.2) is 19.4 Å². The van der Waals surface area contributed by atoms with Crippen LogP contribution in [0.2, 0.25) is 0 Å². The summed E-state index contributed by atoms with van der Waals surface area (Å²) in [6.07, 6.45) is 4.43. The van der Waals surface area contributed by atoms with Gasteiger partial charge < -0.3 is 9.32 Å². The largest absolute Gasteiger partial charge is 0.422 e. The molecule has 26 heavy (non-hydrogen) atoms. The maximum absolute atomic E-state index is 12.5. The quantitative estimate of drug-likeness (QED) is 0.455. The highest BCUT2D eigenvalue weighted by Gasteiger charge is 2.11. The van der Waals surface area contributed by atoms with Crippen molar-refractivity contribution in [3.05, 3.63) is 61.6 Å². The first kappa shape index (κ1) is 18.1. The number of nitrogens with zero attached hydrogens (tertiary/aromatic N) is 1. The van der Waals surface area contributed by atoms with Crippen molar-refractivity contribution in [2.45, 2.75) is 20.8 Å². The monoisotopic (exact) mass is 367 g/mol. The van der Waals surface area contributed by atoms with E-state index in [1.807, 2.05) is 31.2 Å². The Morgan fingerprint density at radius 1 is 1.08 bits per heavy atom. The molecule has 0 N–H and O–H groups in total. The molecular formula is C21H21NO3S. The minimum absolute atomic E-state index is 0.352. The Labute approximate surface area is 156 Å². The number of carbonyl (C=O) groups excluding carboxylic acids is 1. The van der Waals surface area contributed by atoms with E-state index in [2.05, 4.69) is 24.8 Å². The number of hydrogen-bond donors (Lipinski definition) is 0. The first-order valence-corrected chi connectivity index (χ1v) is 9.44. The van der Waals surface area contributed by atoms with Crippen LogP contribution in [0.5, 0.6) is 0 Å². The van der Waals surface area contributed by atoms with Crippen molar-refractivity contribution in [2.75, 3.05) is 18.0 Å². The van der Waals surface area contributed by atoms with E-state index in [-0.39, 0.29) is 5.63 Å². The van der Waals surface area contributed by atoms with Crippen LogP contribution in [0.15, 0.2) is 39.5 Å². The highest BCUT2D eigenvalue weighted by atomic mass is 32.1. The van der Waals surface area contributed by atoms with E-state index in [4.69, 9.17) is 4.42 Å². The summed E-state index contributed by atoms with van der Waals surface area (Å²) in [7, 11) is 0. The third kappa shape index (κ3) is 3.48. The number of anilines is 1. The minimum Gasteiger partial charge on any atom is -0.422 e. The van der Waals surface area contributed by atoms with Crippen molar-refractivity contribution < 1.29 is 9.21 Å². The second-order valence-electron chi connectivity index (χ2n) is 5.97. The molecule has 0 unspecified atom stereocenters. The van der Waals surface area contributed by atoms with E-state index in [0.717, 1.165) is 40.9 Å². The number of aryl methyl sites for hydroxylation is 1. The molecule has 4 nitrogen and oxygen atoms in total. The van der Waals surface area contributed by atoms with Gasteiger partial charge in [0, 0.05) is 35.1 Å². The van der Waals surface area contributed by atoms with E-state index in [1.165, 1.54) is 11.3 Å². The van der Waals surface area contributed by atoms with Gasteiger partial charge in [0.2, 0.25) is 0 Å². The molecule has 0 atom stereocenters. The lowest BCUT2D eigenvalue weighted by atomic mass is 10.0. The first-order valence-electron chi connectivity index (χ1n) is 8.62. The Balaban J connectivity index is 2.03. The lowest BCUT2D eigenvalue weighted by molar-refractivity contribution is 0.112. The van der Waals surface area contributed by atoms with E-state index >= 15 is 0 Å². The molecule has 0 aliphatic heterocycles. The molecule has 0 saturated heterocycles. The average molecular weight is 367 g/mol. The molecule has 1 aromatic carbocycles. The van der Waals surface area contributed by atoms with Gasteiger partial charge in [-0.05, 0) is 62.8 Å². The van der Waals surface area contributed by atoms with Crippen LogP contribution in [0.1, 0.15) is 39.5 Å². The van der Waals surface area contributed by atoms with Gasteiger partial charge in [0.1, 0.15) is 5.58 Å². The third-order valence-electron chi connectivity index (χ3n) is 4.50. The summed E-state index contributed by atoms with van der Waals surface area (Å²) in [6, 6.07) is 9.63. The first-order chi connectivity index (χ1) is 12.6. The standard InChI is InChI=1S/C21H21NO3S/c1-4-22(5-2)15-6-10-18-14(3)19(21(24)25-20(18)12-15)11-9-16-7-8-17(13-23)26-16/h6-13H,4-5H2,1-3H3/b11-9+. The summed E-state index contributed by atoms with van der Waals surface area (Å²) in [5.74, 6) is 0. The van der Waals surface area contributed by atoms with Crippen molar-refractivity contribution in [1.82, 2.24) is 0 Å². The Morgan fingerprint density at radius 2 is 1.81 bits per heavy atom. The normalized spacial score (nSPS) is 11.3. The van der Waals surface area contributed by atoms with Crippen molar-refractivity contribution in [3.63, 3.8) is 0 Å². The SMILES string of the molecule is CCN(CC)c1ccc2c(C)c(/C=C/c3ccc(C=O)s3)c(=O)oc2c1. The molecule has 0 bridgehead atoms. The van der Waals surface area contributed by atoms with Crippen LogP contribution in [-0.2, 0) is 0 Å². The topological polar surface area (TPSA) is 50.5 Å². The van der Waals surface area contributed by atoms with Crippen molar-refractivity contribution >= 4 is 46.4 Å². The van der Waals surface area contributed by atoms with Crippen LogP contribution >= 0.6 is 11.3 Å². The van der Waals surface area contributed by atoms with E-state index in [0.29, 0.717) is 16.0 Å². The predicted molar refractivity (Wildman–Crippen MR) is 109 cm³/mol. The Morgan fingerprint density at radius 3 is 2.46 bits per heavy atom. The molecule has 134 valence electrons. The summed E-state index contributed by atoms with van der Waals surface area (Å²) in [6.45, 7) is 7.93. The lowest BCUT2D eigenvalue weighted by Gasteiger charge is -2.21. The summed E-state index contributed by atoms with van der Waals surface area (Å²) >= 11 is 1.38. The fourth-order valence-corrected chi connectivity index (χ4v) is 3.75. The highest BCUT2D eigenvalue weighted by molar-refractivity contribution is 7.14. The maximum Gasteiger partial charge on any atom is 0.343 e. The molecule has 0 spiro atoms. The van der Waals surface area contributed by atoms with Gasteiger partial charge in [-0.15, -0.1) is 11.3 Å². The number of rotatable bonds is 6. The number of hydrogen-bond acceptors (Lipinski definition) is 5. The maximum atomic E-state index is 12.5. The second-order valence-corrected chi connectivity index (χ2v) is 7.12. The molecule has 3 rings (SSSR count). The molecule has 3 aromatic rings. The Bertz CT molecular complexity index is 1030. The van der Waals surface area contributed by atoms with Gasteiger partial charge in [0.15, 0.2) is 6.29 Å². The summed E-state index contributed by atoms with van der Waals surface area (Å²) in [4.78, 5) is 27.1. The molecule has 5 heteroatoms. The summed E-state index contributed by atoms with van der Waals surface area (Å²) in [5.41, 5.74) is 2.73. The molecular weight excluding hydrogens is 346 g/mol. The molecule has 0 amide bonds. The predicted octanol–water partition coefficient (Wildman–Crippen LogP) is 4.99. The molecule has 0 aliphatic carbocycles. The smallest absolute Gasteiger partial charge is 0.343 e. The van der Waals surface area contributed by atoms with Crippen molar-refractivity contribution in [2.24, 2.45) is 0 Å². The fraction of sp³-hybridized carbons (Fsp3) is 0.238. The number of fused-ring (bicyclic) bond motifs is 1. The van der Waals surface area contributed by atoms with Crippen molar-refractivity contribution in [3.8, 4) is 0 Å². The van der Waals surface area contributed by atoms with Gasteiger partial charge in [-0.2, -0.15) is 0 Å². The molecule has 0 radical (unpaired) electrons. The van der Waals surface area contributed by atoms with Crippen LogP contribution in [0.3, 0.4) is 0 Å². The number of benzene rings is 1. The Kier molecular flexibility index (Phi) is 5.38. The van der Waals surface area contributed by atoms with Gasteiger partial charge in [-0.25, -0.2) is 4.79 Å². The number of thiophene rings is 1. The van der Waals surface area contributed by atoms with Gasteiger partial charge in [-0.3, -0.25) is 4.79 Å². The Hall–Kier alpha value is -2.66. The molecule has 0 saturated carbocycles. The number of aldehydes is 1. The highest BCUT2D eigenvalue weighted by Crippen LogP contribution is 2.26. The lowest BCUT2D eigenvalue weighted by Crippen LogP contribution is -2.21. The average Bonchev–Trinajstić information content (AvgIpc) is 3.10. The molecule has 2 aromatic heterocycles. The van der Waals surface area contributed by atoms with E-state index < -0.39 is 0 Å². The fourth-order valence-electron chi connectivity index (χ4n) is 3.02. The van der Waals surface area contributed by atoms with Gasteiger partial charge in [0.25, 0.3) is 0 Å². The summed E-state index contributed by atoms with van der Waals surface area (Å²) in [5, 5.41) is 0.930. The van der Waals surface area contributed by atoms with Gasteiger partial charge in [0.05, 0.1) is 10.4 Å². The van der Waals surface area contributed by atoms with Crippen LogP contribution in [0.4, 0.5) is 5.69 Å². The second kappa shape index (κ2) is 7.70. The molecule has 0 aliphatic rings. The van der Waals surface area contributed by atoms with E-state index in [1.54, 1.807) is 12.1 Å². The van der Waals surface area contributed by atoms with E-state index in [9.17, 15) is 9.59 Å². The number of carbonyl (C=O) groups is 1. The van der Waals surface area contributed by atoms with Crippen LogP contribution in [0, 0.1) is 6.92 Å². The van der Waals surface area contributed by atoms with Gasteiger partial charge in [-0.1, -0.05) is 0 Å². The molecule has 0 fully saturated rings. The molecule has 2 heterocycles. The zero-order chi connectivity index (χ0) is 18.7. The third-order valence-corrected chi connectivity index (χ3v) is 5.48. The van der Waals surface area contributed by atoms with Gasteiger partial charge >= 0.3 is 5.63 Å². The van der Waals surface area contributed by atoms with Crippen LogP contribution < -0.4 is 10.5 Å².